The van der Waals surface area contributed by atoms with E-state index < -0.39 is 24.5 Å². The number of primary amides is 1. The molecule has 1 amide bonds. The van der Waals surface area contributed by atoms with E-state index >= 15 is 0 Å². The zero-order valence-corrected chi connectivity index (χ0v) is 17.3. The van der Waals surface area contributed by atoms with E-state index in [2.05, 4.69) is 0 Å². The van der Waals surface area contributed by atoms with Crippen LogP contribution in [-0.2, 0) is 22.5 Å². The predicted octanol–water partition coefficient (Wildman–Crippen LogP) is 1.62. The van der Waals surface area contributed by atoms with Crippen LogP contribution in [0.4, 0.5) is 0 Å². The first-order valence-corrected chi connectivity index (χ1v) is 11.7. The molecule has 0 aromatic rings. The minimum absolute atomic E-state index is 0.441. The van der Waals surface area contributed by atoms with Gasteiger partial charge in [-0.25, -0.2) is 0 Å². The van der Waals surface area contributed by atoms with Gasteiger partial charge in [-0.1, -0.05) is 27.7 Å². The summed E-state index contributed by atoms with van der Waals surface area (Å²) in [5, 5.41) is 0.441. The number of nitrogens with two attached hydrogens (primary N) is 1. The van der Waals surface area contributed by atoms with Gasteiger partial charge in [-0.05, 0) is 31.4 Å². The smallest absolute Gasteiger partial charge is 0.360 e. The summed E-state index contributed by atoms with van der Waals surface area (Å²) in [6, 6.07) is 0. The quantitative estimate of drug-likeness (QED) is 0.353. The van der Waals surface area contributed by atoms with Gasteiger partial charge >= 0.3 is 18.6 Å². The number of hydrogen-bond donors (Lipinski definition) is 1. The Morgan fingerprint density at radius 3 is 1.57 bits per heavy atom. The average molecular weight is 364 g/mol. The number of carbonyl (C=O) groups excluding carboxylic acids is 1. The van der Waals surface area contributed by atoms with Crippen LogP contribution in [0.5, 0.6) is 0 Å². The topological polar surface area (TPSA) is 80.0 Å². The standard InChI is InChI=1S/C15H33NO5Si2/c1-5-9-18-22(19-10-6-2)13-14(15(16)17)23(20-11-7-3)21-12-8-4/h13,22-23H,5-12H2,1-4H3,(H2,16,17). The van der Waals surface area contributed by atoms with E-state index in [1.807, 2.05) is 27.7 Å². The lowest BCUT2D eigenvalue weighted by Crippen LogP contribution is -2.36. The average Bonchev–Trinajstić information content (AvgIpc) is 2.54. The molecule has 0 unspecified atom stereocenters. The van der Waals surface area contributed by atoms with Crippen LogP contribution < -0.4 is 5.73 Å². The molecule has 23 heavy (non-hydrogen) atoms. The normalized spacial score (nSPS) is 12.3. The minimum Gasteiger partial charge on any atom is -0.394 e. The fourth-order valence-electron chi connectivity index (χ4n) is 1.71. The first kappa shape index (κ1) is 22.5. The van der Waals surface area contributed by atoms with E-state index in [1.165, 1.54) is 0 Å². The second kappa shape index (κ2) is 15.0. The Balaban J connectivity index is 5.15. The summed E-state index contributed by atoms with van der Waals surface area (Å²) in [5.41, 5.74) is 7.34. The van der Waals surface area contributed by atoms with Crippen molar-refractivity contribution < 1.29 is 22.5 Å². The Kier molecular flexibility index (Phi) is 14.7. The van der Waals surface area contributed by atoms with Crippen molar-refractivity contribution in [3.63, 3.8) is 0 Å². The highest BCUT2D eigenvalue weighted by Crippen LogP contribution is 2.09. The van der Waals surface area contributed by atoms with Crippen molar-refractivity contribution in [1.82, 2.24) is 0 Å². The molecular formula is C15H33NO5Si2. The van der Waals surface area contributed by atoms with E-state index in [1.54, 1.807) is 5.70 Å². The first-order chi connectivity index (χ1) is 11.1. The van der Waals surface area contributed by atoms with Gasteiger partial charge < -0.3 is 23.4 Å². The van der Waals surface area contributed by atoms with Gasteiger partial charge in [0.25, 0.3) is 0 Å². The Labute approximate surface area is 144 Å². The van der Waals surface area contributed by atoms with E-state index in [9.17, 15) is 4.79 Å². The summed E-state index contributed by atoms with van der Waals surface area (Å²) in [7, 11) is -4.40. The number of rotatable bonds is 15. The molecule has 0 rings (SSSR count). The molecular weight excluding hydrogens is 330 g/mol. The molecule has 0 aromatic heterocycles. The molecule has 136 valence electrons. The summed E-state index contributed by atoms with van der Waals surface area (Å²) in [6.45, 7) is 10.5. The number of carbonyl (C=O) groups is 1. The second-order valence-electron chi connectivity index (χ2n) is 5.17. The maximum Gasteiger partial charge on any atom is 0.360 e. The summed E-state index contributed by atoms with van der Waals surface area (Å²) in [6.07, 6.45) is 3.53. The van der Waals surface area contributed by atoms with Crippen molar-refractivity contribution >= 4 is 24.5 Å². The molecule has 0 saturated carbocycles. The van der Waals surface area contributed by atoms with Crippen LogP contribution in [-0.4, -0.2) is 50.9 Å². The maximum absolute atomic E-state index is 11.9. The van der Waals surface area contributed by atoms with E-state index in [4.69, 9.17) is 23.4 Å². The Morgan fingerprint density at radius 2 is 1.22 bits per heavy atom. The van der Waals surface area contributed by atoms with Gasteiger partial charge in [-0.15, -0.1) is 0 Å². The van der Waals surface area contributed by atoms with Crippen LogP contribution in [0.1, 0.15) is 53.4 Å². The highest BCUT2D eigenvalue weighted by molar-refractivity contribution is 6.65. The lowest BCUT2D eigenvalue weighted by atomic mass is 10.5. The SMILES string of the molecule is CCCO[SiH](C=C(C(N)=O)[SiH](OCCC)OCCC)OCCC. The van der Waals surface area contributed by atoms with E-state index in [0.29, 0.717) is 31.6 Å². The molecule has 0 aliphatic carbocycles. The Hall–Kier alpha value is -0.516. The van der Waals surface area contributed by atoms with Crippen LogP contribution in [0.2, 0.25) is 0 Å². The maximum atomic E-state index is 11.9. The monoisotopic (exact) mass is 363 g/mol. The van der Waals surface area contributed by atoms with Crippen LogP contribution in [0.25, 0.3) is 0 Å². The molecule has 0 atom stereocenters. The third-order valence-electron chi connectivity index (χ3n) is 2.77. The zero-order valence-electron chi connectivity index (χ0n) is 15.0. The Bertz CT molecular complexity index is 326. The summed E-state index contributed by atoms with van der Waals surface area (Å²) < 4.78 is 23.1. The van der Waals surface area contributed by atoms with Crippen molar-refractivity contribution in [2.75, 3.05) is 26.4 Å². The van der Waals surface area contributed by atoms with Crippen molar-refractivity contribution in [2.45, 2.75) is 53.4 Å². The highest BCUT2D eigenvalue weighted by atomic mass is 28.3. The molecule has 2 N–H and O–H groups in total. The third-order valence-corrected chi connectivity index (χ3v) is 6.98. The molecule has 0 aliphatic heterocycles. The molecule has 0 bridgehead atoms. The van der Waals surface area contributed by atoms with Crippen LogP contribution in [0.3, 0.4) is 0 Å². The fourth-order valence-corrected chi connectivity index (χ4v) is 6.08. The lowest BCUT2D eigenvalue weighted by molar-refractivity contribution is -0.114. The largest absolute Gasteiger partial charge is 0.394 e. The predicted molar refractivity (Wildman–Crippen MR) is 96.5 cm³/mol. The van der Waals surface area contributed by atoms with Gasteiger partial charge in [-0.3, -0.25) is 4.79 Å². The molecule has 0 aliphatic rings. The molecule has 8 heteroatoms. The lowest BCUT2D eigenvalue weighted by Gasteiger charge is -2.19. The van der Waals surface area contributed by atoms with Gasteiger partial charge in [0, 0.05) is 26.4 Å². The first-order valence-electron chi connectivity index (χ1n) is 8.58. The number of hydrogen-bond acceptors (Lipinski definition) is 5. The summed E-state index contributed by atoms with van der Waals surface area (Å²) in [5.74, 6) is -0.494. The van der Waals surface area contributed by atoms with Gasteiger partial charge in [0.05, 0.1) is 5.20 Å². The fraction of sp³-hybridized carbons (Fsp3) is 0.800. The molecule has 0 saturated heterocycles. The molecule has 0 radical (unpaired) electrons. The van der Waals surface area contributed by atoms with Crippen LogP contribution >= 0.6 is 0 Å². The molecule has 0 fully saturated rings. The van der Waals surface area contributed by atoms with Gasteiger partial charge in [0.1, 0.15) is 0 Å². The van der Waals surface area contributed by atoms with Crippen LogP contribution in [0, 0.1) is 0 Å². The third kappa shape index (κ3) is 10.8. The van der Waals surface area contributed by atoms with Crippen molar-refractivity contribution in [2.24, 2.45) is 5.73 Å². The number of amides is 1. The summed E-state index contributed by atoms with van der Waals surface area (Å²) >= 11 is 0. The second-order valence-corrected chi connectivity index (χ2v) is 8.86. The molecule has 0 spiro atoms. The van der Waals surface area contributed by atoms with Crippen molar-refractivity contribution in [3.8, 4) is 0 Å². The van der Waals surface area contributed by atoms with Crippen molar-refractivity contribution in [1.29, 1.82) is 0 Å². The van der Waals surface area contributed by atoms with Crippen LogP contribution in [0.15, 0.2) is 10.9 Å². The minimum atomic E-state index is -2.30. The molecule has 6 nitrogen and oxygen atoms in total. The van der Waals surface area contributed by atoms with Crippen molar-refractivity contribution in [3.05, 3.63) is 10.9 Å². The Morgan fingerprint density at radius 1 is 0.826 bits per heavy atom. The molecule has 0 heterocycles. The molecule has 0 aromatic carbocycles. The highest BCUT2D eigenvalue weighted by Gasteiger charge is 2.26. The zero-order chi connectivity index (χ0) is 17.5. The van der Waals surface area contributed by atoms with Gasteiger partial charge in [-0.2, -0.15) is 0 Å². The van der Waals surface area contributed by atoms with Gasteiger partial charge in [0.2, 0.25) is 5.91 Å². The van der Waals surface area contributed by atoms with Gasteiger partial charge in [0.15, 0.2) is 0 Å². The van der Waals surface area contributed by atoms with E-state index in [-0.39, 0.29) is 0 Å². The summed E-state index contributed by atoms with van der Waals surface area (Å²) in [4.78, 5) is 11.9. The van der Waals surface area contributed by atoms with E-state index in [0.717, 1.165) is 25.7 Å².